The molecule has 5 rings (SSSR count). The lowest BCUT2D eigenvalue weighted by atomic mass is 10.2. The summed E-state index contributed by atoms with van der Waals surface area (Å²) in [7, 11) is 0. The van der Waals surface area contributed by atoms with E-state index in [1.165, 1.54) is 18.3 Å². The number of benzene rings is 3. The molecule has 0 aliphatic carbocycles. The maximum atomic E-state index is 12.7. The quantitative estimate of drug-likeness (QED) is 0.256. The lowest BCUT2D eigenvalue weighted by Crippen LogP contribution is -2.32. The number of H-pyrrole nitrogens is 1. The number of hydrogen-bond acceptors (Lipinski definition) is 5. The molecule has 5 aromatic rings. The Kier molecular flexibility index (Phi) is 4.91. The molecule has 0 saturated heterocycles. The molecule has 0 amide bonds. The van der Waals surface area contributed by atoms with Crippen molar-refractivity contribution in [3.63, 3.8) is 0 Å². The second-order valence-corrected chi connectivity index (χ2v) is 7.49. The first kappa shape index (κ1) is 20.1. The van der Waals surface area contributed by atoms with Crippen LogP contribution in [0.25, 0.3) is 21.8 Å². The molecule has 0 saturated carbocycles. The Labute approximate surface area is 186 Å². The molecule has 0 unspecified atom stereocenters. The van der Waals surface area contributed by atoms with Crippen LogP contribution in [0.1, 0.15) is 11.1 Å². The lowest BCUT2D eigenvalue weighted by Gasteiger charge is -2.05. The predicted molar refractivity (Wildman–Crippen MR) is 126 cm³/mol. The van der Waals surface area contributed by atoms with Gasteiger partial charge in [-0.05, 0) is 23.8 Å². The number of fused-ring (bicyclic) bond motifs is 2. The maximum absolute atomic E-state index is 12.7. The van der Waals surface area contributed by atoms with Gasteiger partial charge in [-0.25, -0.2) is 4.79 Å². The van der Waals surface area contributed by atoms with E-state index < -0.39 is 16.2 Å². The third-order valence-electron chi connectivity index (χ3n) is 5.39. The van der Waals surface area contributed by atoms with Crippen LogP contribution in [0.4, 0.5) is 5.69 Å². The van der Waals surface area contributed by atoms with Crippen molar-refractivity contribution in [3.05, 3.63) is 121 Å². The largest absolute Gasteiger partial charge is 0.349 e. The van der Waals surface area contributed by atoms with Crippen LogP contribution in [-0.4, -0.2) is 25.4 Å². The van der Waals surface area contributed by atoms with Gasteiger partial charge in [0, 0.05) is 41.3 Å². The highest BCUT2D eigenvalue weighted by Gasteiger charge is 2.11. The zero-order valence-electron chi connectivity index (χ0n) is 17.2. The Bertz CT molecular complexity index is 1680. The molecule has 3 aromatic carbocycles. The molecule has 0 radical (unpaired) electrons. The fraction of sp³-hybridized carbons (Fsp3) is 0.0417. The second-order valence-electron chi connectivity index (χ2n) is 7.49. The highest BCUT2D eigenvalue weighted by molar-refractivity contribution is 5.99. The van der Waals surface area contributed by atoms with Crippen molar-refractivity contribution in [2.75, 3.05) is 0 Å². The lowest BCUT2D eigenvalue weighted by molar-refractivity contribution is -0.384. The van der Waals surface area contributed by atoms with Crippen molar-refractivity contribution in [3.8, 4) is 0 Å². The van der Waals surface area contributed by atoms with Gasteiger partial charge >= 0.3 is 5.69 Å². The van der Waals surface area contributed by atoms with Crippen LogP contribution in [0.5, 0.6) is 0 Å². The van der Waals surface area contributed by atoms with E-state index in [-0.39, 0.29) is 5.69 Å². The number of nitro groups is 1. The molecule has 9 heteroatoms. The van der Waals surface area contributed by atoms with Gasteiger partial charge in [-0.3, -0.25) is 14.9 Å². The van der Waals surface area contributed by atoms with Gasteiger partial charge in [0.25, 0.3) is 11.2 Å². The summed E-state index contributed by atoms with van der Waals surface area (Å²) < 4.78 is 2.75. The third-order valence-corrected chi connectivity index (χ3v) is 5.39. The van der Waals surface area contributed by atoms with E-state index in [0.29, 0.717) is 23.0 Å². The molecule has 0 fully saturated rings. The Hall–Kier alpha value is -4.79. The molecule has 0 atom stereocenters. The number of nitro benzene ring substituents is 1. The Morgan fingerprint density at radius 1 is 0.970 bits per heavy atom. The Morgan fingerprint density at radius 2 is 1.73 bits per heavy atom. The molecular formula is C24H17N5O4. The zero-order valence-corrected chi connectivity index (χ0v) is 17.2. The van der Waals surface area contributed by atoms with E-state index >= 15 is 0 Å². The van der Waals surface area contributed by atoms with E-state index in [1.54, 1.807) is 30.3 Å². The van der Waals surface area contributed by atoms with Gasteiger partial charge in [-0.1, -0.05) is 42.5 Å². The van der Waals surface area contributed by atoms with Crippen LogP contribution in [0.3, 0.4) is 0 Å². The van der Waals surface area contributed by atoms with Crippen LogP contribution in [0, 0.1) is 10.1 Å². The summed E-state index contributed by atoms with van der Waals surface area (Å²) in [6, 6.07) is 20.8. The molecule has 33 heavy (non-hydrogen) atoms. The normalized spacial score (nSPS) is 11.5. The van der Waals surface area contributed by atoms with E-state index in [1.807, 2.05) is 41.1 Å². The van der Waals surface area contributed by atoms with Gasteiger partial charge in [0.2, 0.25) is 0 Å². The number of nitrogens with zero attached hydrogens (tertiary/aromatic N) is 4. The van der Waals surface area contributed by atoms with E-state index in [2.05, 4.69) is 10.1 Å². The highest BCUT2D eigenvalue weighted by Crippen LogP contribution is 2.22. The molecule has 0 aliphatic heterocycles. The molecule has 2 aromatic heterocycles. The second kappa shape index (κ2) is 8.04. The molecule has 1 N–H and O–H groups in total. The summed E-state index contributed by atoms with van der Waals surface area (Å²) in [4.78, 5) is 38.5. The highest BCUT2D eigenvalue weighted by atomic mass is 16.6. The van der Waals surface area contributed by atoms with Crippen molar-refractivity contribution < 1.29 is 4.92 Å². The molecule has 9 nitrogen and oxygen atoms in total. The van der Waals surface area contributed by atoms with E-state index in [4.69, 9.17) is 0 Å². The number of nitrogens with one attached hydrogen (secondary N) is 1. The van der Waals surface area contributed by atoms with Crippen LogP contribution in [0.2, 0.25) is 0 Å². The van der Waals surface area contributed by atoms with Crippen molar-refractivity contribution in [2.45, 2.75) is 6.54 Å². The topological polar surface area (TPSA) is 115 Å². The van der Waals surface area contributed by atoms with E-state index in [0.717, 1.165) is 21.1 Å². The Morgan fingerprint density at radius 3 is 2.55 bits per heavy atom. The standard InChI is InChI=1S/C24H17N5O4/c30-23-20-9-1-3-10-21(20)26-24(31)28(23)25-13-17-15-27(22-11-4-2-8-19(17)22)14-16-6-5-7-18(12-16)29(32)33/h1-13,15H,14H2,(H,26,31). The molecule has 0 spiro atoms. The molecular weight excluding hydrogens is 422 g/mol. The molecule has 0 bridgehead atoms. The summed E-state index contributed by atoms with van der Waals surface area (Å²) in [5.41, 5.74) is 1.71. The van der Waals surface area contributed by atoms with Crippen LogP contribution in [-0.2, 0) is 6.54 Å². The first-order valence-electron chi connectivity index (χ1n) is 10.1. The van der Waals surface area contributed by atoms with Gasteiger partial charge < -0.3 is 9.55 Å². The molecule has 162 valence electrons. The van der Waals surface area contributed by atoms with Gasteiger partial charge in [-0.15, -0.1) is 4.68 Å². The minimum absolute atomic E-state index is 0.0284. The van der Waals surface area contributed by atoms with Crippen molar-refractivity contribution in [1.29, 1.82) is 0 Å². The molecule has 2 heterocycles. The number of hydrogen-bond donors (Lipinski definition) is 1. The maximum Gasteiger partial charge on any atom is 0.349 e. The van der Waals surface area contributed by atoms with Crippen molar-refractivity contribution in [2.24, 2.45) is 5.10 Å². The third kappa shape index (κ3) is 3.72. The van der Waals surface area contributed by atoms with Gasteiger partial charge in [0.1, 0.15) is 0 Å². The van der Waals surface area contributed by atoms with Crippen LogP contribution in [0.15, 0.2) is 93.7 Å². The average Bonchev–Trinajstić information content (AvgIpc) is 3.16. The summed E-state index contributed by atoms with van der Waals surface area (Å²) in [5.74, 6) is 0. The van der Waals surface area contributed by atoms with Crippen molar-refractivity contribution >= 4 is 33.7 Å². The fourth-order valence-corrected chi connectivity index (χ4v) is 3.85. The van der Waals surface area contributed by atoms with Gasteiger partial charge in [0.15, 0.2) is 0 Å². The minimum Gasteiger partial charge on any atom is -0.342 e. The van der Waals surface area contributed by atoms with Gasteiger partial charge in [0.05, 0.1) is 22.0 Å². The monoisotopic (exact) mass is 439 g/mol. The van der Waals surface area contributed by atoms with E-state index in [9.17, 15) is 19.7 Å². The number of aromatic amines is 1. The number of aromatic nitrogens is 3. The summed E-state index contributed by atoms with van der Waals surface area (Å²) in [5, 5.41) is 16.5. The minimum atomic E-state index is -0.629. The summed E-state index contributed by atoms with van der Waals surface area (Å²) >= 11 is 0. The first-order chi connectivity index (χ1) is 16.0. The average molecular weight is 439 g/mol. The molecule has 0 aliphatic rings. The van der Waals surface area contributed by atoms with Crippen LogP contribution < -0.4 is 11.2 Å². The number of para-hydroxylation sites is 2. The fourth-order valence-electron chi connectivity index (χ4n) is 3.85. The van der Waals surface area contributed by atoms with Gasteiger partial charge in [-0.2, -0.15) is 5.10 Å². The Balaban J connectivity index is 1.57. The number of rotatable bonds is 5. The smallest absolute Gasteiger partial charge is 0.342 e. The summed E-state index contributed by atoms with van der Waals surface area (Å²) in [6.07, 6.45) is 3.31. The SMILES string of the molecule is O=c1[nH]c2ccccc2c(=O)n1N=Cc1cn(Cc2cccc([N+](=O)[O-])c2)c2ccccc12. The van der Waals surface area contributed by atoms with Crippen LogP contribution >= 0.6 is 0 Å². The number of non-ortho nitro benzene ring substituents is 1. The summed E-state index contributed by atoms with van der Waals surface area (Å²) in [6.45, 7) is 0.409. The zero-order chi connectivity index (χ0) is 22.9. The predicted octanol–water partition coefficient (Wildman–Crippen LogP) is 3.48. The van der Waals surface area contributed by atoms with Crippen molar-refractivity contribution in [1.82, 2.24) is 14.2 Å². The first-order valence-corrected chi connectivity index (χ1v) is 10.1.